The normalized spacial score (nSPS) is 12.8. The number of aliphatic imine (C=N–C) groups is 1. The van der Waals surface area contributed by atoms with E-state index in [1.165, 1.54) is 0 Å². The number of ether oxygens (including phenoxy) is 2. The smallest absolute Gasteiger partial charge is 0.375 e. The molecule has 0 saturated carbocycles. The Kier molecular flexibility index (Phi) is 11.7. The number of rotatable bonds is 9. The van der Waals surface area contributed by atoms with Crippen LogP contribution in [0.1, 0.15) is 22.8 Å². The number of benzene rings is 2. The predicted molar refractivity (Wildman–Crippen MR) is 122 cm³/mol. The first kappa shape index (κ1) is 26.2. The van der Waals surface area contributed by atoms with E-state index in [4.69, 9.17) is 4.74 Å². The van der Waals surface area contributed by atoms with Crippen molar-refractivity contribution in [2.45, 2.75) is 25.4 Å². The Morgan fingerprint density at radius 2 is 1.63 bits per heavy atom. The maximum absolute atomic E-state index is 12.1. The van der Waals surface area contributed by atoms with Crippen molar-refractivity contribution in [1.82, 2.24) is 10.6 Å². The fourth-order valence-electron chi connectivity index (χ4n) is 2.64. The van der Waals surface area contributed by atoms with E-state index < -0.39 is 12.8 Å². The Labute approximate surface area is 192 Å². The van der Waals surface area contributed by atoms with Gasteiger partial charge in [-0.05, 0) is 16.7 Å². The zero-order valence-electron chi connectivity index (χ0n) is 16.9. The highest BCUT2D eigenvalue weighted by Gasteiger charge is 2.27. The molecule has 1 atom stereocenters. The topological polar surface area (TPSA) is 54.9 Å². The van der Waals surface area contributed by atoms with Crippen molar-refractivity contribution in [3.63, 3.8) is 0 Å². The number of hydrogen-bond donors (Lipinski definition) is 2. The Morgan fingerprint density at radius 1 is 1.00 bits per heavy atom. The first-order valence-corrected chi connectivity index (χ1v) is 9.16. The van der Waals surface area contributed by atoms with E-state index in [0.717, 1.165) is 11.1 Å². The zero-order chi connectivity index (χ0) is 21.1. The number of guanidine groups is 1. The maximum atomic E-state index is 12.1. The molecule has 0 bridgehead atoms. The minimum atomic E-state index is -4.31. The van der Waals surface area contributed by atoms with Crippen molar-refractivity contribution < 1.29 is 22.6 Å². The molecule has 0 radical (unpaired) electrons. The lowest BCUT2D eigenvalue weighted by molar-refractivity contribution is -0.176. The summed E-state index contributed by atoms with van der Waals surface area (Å²) in [7, 11) is 3.34. The summed E-state index contributed by atoms with van der Waals surface area (Å²) >= 11 is 0. The molecule has 2 aromatic carbocycles. The number of hydrogen-bond acceptors (Lipinski definition) is 3. The van der Waals surface area contributed by atoms with Crippen LogP contribution in [0.3, 0.4) is 0 Å². The lowest BCUT2D eigenvalue weighted by Gasteiger charge is -2.19. The van der Waals surface area contributed by atoms with Gasteiger partial charge in [0.1, 0.15) is 6.61 Å². The third-order valence-electron chi connectivity index (χ3n) is 4.15. The van der Waals surface area contributed by atoms with Gasteiger partial charge in [-0.25, -0.2) is 0 Å². The Bertz CT molecular complexity index is 756. The van der Waals surface area contributed by atoms with Crippen molar-refractivity contribution in [2.24, 2.45) is 4.99 Å². The molecule has 0 saturated heterocycles. The second-order valence-corrected chi connectivity index (χ2v) is 6.37. The fraction of sp³-hybridized carbons (Fsp3) is 0.381. The van der Waals surface area contributed by atoms with E-state index in [2.05, 4.69) is 20.4 Å². The SMILES string of the molecule is CN=C(NCc1ccc(COCC(F)(F)F)cc1)NCC(OC)c1ccccc1.I. The summed E-state index contributed by atoms with van der Waals surface area (Å²) in [6.07, 6.45) is -4.42. The highest BCUT2D eigenvalue weighted by Crippen LogP contribution is 2.16. The third kappa shape index (κ3) is 9.77. The monoisotopic (exact) mass is 537 g/mol. The van der Waals surface area contributed by atoms with E-state index in [0.29, 0.717) is 24.6 Å². The molecule has 5 nitrogen and oxygen atoms in total. The van der Waals surface area contributed by atoms with Crippen LogP contribution < -0.4 is 10.6 Å². The molecule has 9 heteroatoms. The number of alkyl halides is 3. The number of nitrogens with one attached hydrogen (secondary N) is 2. The van der Waals surface area contributed by atoms with Crippen LogP contribution in [-0.2, 0) is 22.6 Å². The van der Waals surface area contributed by atoms with E-state index in [9.17, 15) is 13.2 Å². The van der Waals surface area contributed by atoms with Crippen molar-refractivity contribution in [3.05, 3.63) is 71.3 Å². The van der Waals surface area contributed by atoms with E-state index >= 15 is 0 Å². The Balaban J connectivity index is 0.00000450. The number of nitrogens with zero attached hydrogens (tertiary/aromatic N) is 1. The molecule has 0 aliphatic rings. The zero-order valence-corrected chi connectivity index (χ0v) is 19.2. The van der Waals surface area contributed by atoms with Crippen LogP contribution in [-0.4, -0.2) is 39.4 Å². The van der Waals surface area contributed by atoms with Gasteiger partial charge in [-0.2, -0.15) is 13.2 Å². The summed E-state index contributed by atoms with van der Waals surface area (Å²) in [6, 6.07) is 17.1. The van der Waals surface area contributed by atoms with Gasteiger partial charge in [0, 0.05) is 27.2 Å². The van der Waals surface area contributed by atoms with Crippen LogP contribution in [0.4, 0.5) is 13.2 Å². The predicted octanol–water partition coefficient (Wildman–Crippen LogP) is 4.44. The first-order valence-electron chi connectivity index (χ1n) is 9.16. The van der Waals surface area contributed by atoms with E-state index in [-0.39, 0.29) is 36.7 Å². The van der Waals surface area contributed by atoms with Gasteiger partial charge in [-0.15, -0.1) is 24.0 Å². The fourth-order valence-corrected chi connectivity index (χ4v) is 2.64. The van der Waals surface area contributed by atoms with Crippen molar-refractivity contribution in [2.75, 3.05) is 27.3 Å². The van der Waals surface area contributed by atoms with Gasteiger partial charge in [0.05, 0.1) is 12.7 Å². The molecule has 2 rings (SSSR count). The first-order chi connectivity index (χ1) is 13.9. The quantitative estimate of drug-likeness (QED) is 0.282. The van der Waals surface area contributed by atoms with E-state index in [1.54, 1.807) is 26.3 Å². The van der Waals surface area contributed by atoms with E-state index in [1.807, 2.05) is 42.5 Å². The Morgan fingerprint density at radius 3 is 2.20 bits per heavy atom. The van der Waals surface area contributed by atoms with Gasteiger partial charge in [-0.1, -0.05) is 54.6 Å². The van der Waals surface area contributed by atoms with Crippen molar-refractivity contribution in [3.8, 4) is 0 Å². The summed E-state index contributed by atoms with van der Waals surface area (Å²) in [5, 5.41) is 6.43. The summed E-state index contributed by atoms with van der Waals surface area (Å²) in [5.41, 5.74) is 2.73. The molecule has 2 aromatic rings. The van der Waals surface area contributed by atoms with Gasteiger partial charge in [0.25, 0.3) is 0 Å². The van der Waals surface area contributed by atoms with Crippen LogP contribution in [0.2, 0.25) is 0 Å². The standard InChI is InChI=1S/C21H26F3N3O2.HI/c1-25-20(27-13-19(28-2)18-6-4-3-5-7-18)26-12-16-8-10-17(11-9-16)14-29-15-21(22,23)24;/h3-11,19H,12-15H2,1-2H3,(H2,25,26,27);1H. The average molecular weight is 537 g/mol. The molecule has 30 heavy (non-hydrogen) atoms. The summed E-state index contributed by atoms with van der Waals surface area (Å²) < 4.78 is 46.5. The second-order valence-electron chi connectivity index (χ2n) is 6.37. The van der Waals surface area contributed by atoms with Crippen LogP contribution in [0.15, 0.2) is 59.6 Å². The molecule has 0 aliphatic carbocycles. The van der Waals surface area contributed by atoms with Gasteiger partial charge < -0.3 is 20.1 Å². The molecule has 0 heterocycles. The maximum Gasteiger partial charge on any atom is 0.411 e. The highest BCUT2D eigenvalue weighted by atomic mass is 127. The van der Waals surface area contributed by atoms with Crippen molar-refractivity contribution in [1.29, 1.82) is 0 Å². The molecular formula is C21H27F3IN3O2. The van der Waals surface area contributed by atoms with Crippen molar-refractivity contribution >= 4 is 29.9 Å². The van der Waals surface area contributed by atoms with Gasteiger partial charge in [0.2, 0.25) is 0 Å². The molecule has 166 valence electrons. The van der Waals surface area contributed by atoms with Gasteiger partial charge in [-0.3, -0.25) is 4.99 Å². The number of halogens is 4. The molecule has 1 unspecified atom stereocenters. The summed E-state index contributed by atoms with van der Waals surface area (Å²) in [4.78, 5) is 4.20. The lowest BCUT2D eigenvalue weighted by atomic mass is 10.1. The lowest BCUT2D eigenvalue weighted by Crippen LogP contribution is -2.39. The minimum Gasteiger partial charge on any atom is -0.375 e. The average Bonchev–Trinajstić information content (AvgIpc) is 2.71. The molecule has 0 fully saturated rings. The molecule has 0 spiro atoms. The second kappa shape index (κ2) is 13.5. The van der Waals surface area contributed by atoms with Gasteiger partial charge in [0.15, 0.2) is 5.96 Å². The molecule has 2 N–H and O–H groups in total. The largest absolute Gasteiger partial charge is 0.411 e. The number of methoxy groups -OCH3 is 1. The Hall–Kier alpha value is -1.85. The molecule has 0 amide bonds. The van der Waals surface area contributed by atoms with Crippen LogP contribution >= 0.6 is 24.0 Å². The van der Waals surface area contributed by atoms with Crippen LogP contribution in [0.25, 0.3) is 0 Å². The van der Waals surface area contributed by atoms with Gasteiger partial charge >= 0.3 is 6.18 Å². The summed E-state index contributed by atoms with van der Waals surface area (Å²) in [6.45, 7) is -0.250. The highest BCUT2D eigenvalue weighted by molar-refractivity contribution is 14.0. The minimum absolute atomic E-state index is 0. The molecule has 0 aliphatic heterocycles. The summed E-state index contributed by atoms with van der Waals surface area (Å²) in [5.74, 6) is 0.626. The third-order valence-corrected chi connectivity index (χ3v) is 4.15. The molecule has 0 aromatic heterocycles. The van der Waals surface area contributed by atoms with Crippen LogP contribution in [0.5, 0.6) is 0 Å². The molecular weight excluding hydrogens is 510 g/mol. The van der Waals surface area contributed by atoms with Crippen LogP contribution in [0, 0.1) is 0 Å².